The van der Waals surface area contributed by atoms with Crippen molar-refractivity contribution in [2.75, 3.05) is 11.9 Å². The third kappa shape index (κ3) is 3.85. The van der Waals surface area contributed by atoms with E-state index >= 15 is 0 Å². The SMILES string of the molecule is Cn1c(C2CCCN2C(=O)Nc2ccccc2OC(F)(F)F)nc2ccccc21. The Hall–Kier alpha value is -3.23. The number of carbonyl (C=O) groups excluding carboxylic acids is 1. The van der Waals surface area contributed by atoms with Crippen LogP contribution in [0.2, 0.25) is 0 Å². The zero-order chi connectivity index (χ0) is 20.6. The predicted molar refractivity (Wildman–Crippen MR) is 102 cm³/mol. The van der Waals surface area contributed by atoms with Crippen LogP contribution in [-0.4, -0.2) is 33.4 Å². The number of urea groups is 1. The van der Waals surface area contributed by atoms with Crippen molar-refractivity contribution in [2.45, 2.75) is 25.2 Å². The maximum absolute atomic E-state index is 12.9. The Kier molecular flexibility index (Phi) is 4.81. The van der Waals surface area contributed by atoms with Gasteiger partial charge in [0.1, 0.15) is 5.82 Å². The molecule has 1 saturated heterocycles. The van der Waals surface area contributed by atoms with Crippen LogP contribution in [0.3, 0.4) is 0 Å². The summed E-state index contributed by atoms with van der Waals surface area (Å²) in [5, 5.41) is 2.55. The van der Waals surface area contributed by atoms with E-state index in [9.17, 15) is 18.0 Å². The third-order valence-electron chi connectivity index (χ3n) is 4.99. The van der Waals surface area contributed by atoms with Gasteiger partial charge in [-0.1, -0.05) is 24.3 Å². The molecule has 1 aliphatic heterocycles. The molecule has 2 heterocycles. The summed E-state index contributed by atoms with van der Waals surface area (Å²) in [6.07, 6.45) is -3.34. The molecule has 0 spiro atoms. The molecule has 1 aromatic heterocycles. The van der Waals surface area contributed by atoms with E-state index in [1.807, 2.05) is 35.9 Å². The Morgan fingerprint density at radius 3 is 2.66 bits per heavy atom. The van der Waals surface area contributed by atoms with Crippen LogP contribution in [-0.2, 0) is 7.05 Å². The molecule has 29 heavy (non-hydrogen) atoms. The normalized spacial score (nSPS) is 17.0. The van der Waals surface area contributed by atoms with Crippen LogP contribution in [0.1, 0.15) is 24.7 Å². The van der Waals surface area contributed by atoms with Crippen molar-refractivity contribution in [1.29, 1.82) is 0 Å². The first-order chi connectivity index (χ1) is 13.8. The lowest BCUT2D eigenvalue weighted by Gasteiger charge is -2.25. The lowest BCUT2D eigenvalue weighted by Crippen LogP contribution is -2.35. The Morgan fingerprint density at radius 1 is 1.17 bits per heavy atom. The van der Waals surface area contributed by atoms with Crippen LogP contribution in [0.5, 0.6) is 5.75 Å². The number of halogens is 3. The number of alkyl halides is 3. The van der Waals surface area contributed by atoms with E-state index in [1.165, 1.54) is 18.2 Å². The van der Waals surface area contributed by atoms with Gasteiger partial charge in [0, 0.05) is 13.6 Å². The molecule has 2 amide bonds. The number of amides is 2. The van der Waals surface area contributed by atoms with E-state index < -0.39 is 18.1 Å². The fraction of sp³-hybridized carbons (Fsp3) is 0.300. The number of carbonyl (C=O) groups is 1. The van der Waals surface area contributed by atoms with E-state index in [-0.39, 0.29) is 11.7 Å². The van der Waals surface area contributed by atoms with Gasteiger partial charge < -0.3 is 19.5 Å². The Balaban J connectivity index is 1.58. The second kappa shape index (κ2) is 7.31. The Morgan fingerprint density at radius 2 is 1.90 bits per heavy atom. The van der Waals surface area contributed by atoms with E-state index in [0.717, 1.165) is 35.8 Å². The summed E-state index contributed by atoms with van der Waals surface area (Å²) < 4.78 is 43.9. The van der Waals surface area contributed by atoms with Crippen LogP contribution in [0.15, 0.2) is 48.5 Å². The topological polar surface area (TPSA) is 59.4 Å². The molecule has 0 bridgehead atoms. The number of anilines is 1. The fourth-order valence-corrected chi connectivity index (χ4v) is 3.71. The number of rotatable bonds is 3. The number of likely N-dealkylation sites (tertiary alicyclic amines) is 1. The van der Waals surface area contributed by atoms with Crippen LogP contribution >= 0.6 is 0 Å². The highest BCUT2D eigenvalue weighted by molar-refractivity contribution is 5.91. The fourth-order valence-electron chi connectivity index (χ4n) is 3.71. The summed E-state index contributed by atoms with van der Waals surface area (Å²) in [5.41, 5.74) is 1.75. The summed E-state index contributed by atoms with van der Waals surface area (Å²) >= 11 is 0. The number of hydrogen-bond donors (Lipinski definition) is 1. The highest BCUT2D eigenvalue weighted by Gasteiger charge is 2.35. The molecular weight excluding hydrogens is 385 g/mol. The zero-order valence-electron chi connectivity index (χ0n) is 15.6. The molecule has 1 N–H and O–H groups in total. The van der Waals surface area contributed by atoms with Gasteiger partial charge in [0.2, 0.25) is 0 Å². The number of aryl methyl sites for hydroxylation is 1. The number of fused-ring (bicyclic) bond motifs is 1. The van der Waals surface area contributed by atoms with Crippen molar-refractivity contribution < 1.29 is 22.7 Å². The molecule has 4 rings (SSSR count). The average molecular weight is 404 g/mol. The maximum atomic E-state index is 12.9. The summed E-state index contributed by atoms with van der Waals surface area (Å²) in [6.45, 7) is 0.488. The van der Waals surface area contributed by atoms with Crippen molar-refractivity contribution in [2.24, 2.45) is 7.05 Å². The highest BCUT2D eigenvalue weighted by atomic mass is 19.4. The monoisotopic (exact) mass is 404 g/mol. The average Bonchev–Trinajstić information content (AvgIpc) is 3.27. The Bertz CT molecular complexity index is 1050. The lowest BCUT2D eigenvalue weighted by molar-refractivity contribution is -0.274. The summed E-state index contributed by atoms with van der Waals surface area (Å²) in [6, 6.07) is 12.4. The Labute approximate surface area is 164 Å². The number of nitrogens with zero attached hydrogens (tertiary/aromatic N) is 3. The number of imidazole rings is 1. The summed E-state index contributed by atoms with van der Waals surface area (Å²) in [7, 11) is 1.89. The number of benzene rings is 2. The highest BCUT2D eigenvalue weighted by Crippen LogP contribution is 2.35. The molecule has 152 valence electrons. The minimum Gasteiger partial charge on any atom is -0.404 e. The summed E-state index contributed by atoms with van der Waals surface area (Å²) in [4.78, 5) is 19.2. The quantitative estimate of drug-likeness (QED) is 0.680. The van der Waals surface area contributed by atoms with Crippen LogP contribution < -0.4 is 10.1 Å². The van der Waals surface area contributed by atoms with Gasteiger partial charge in [-0.2, -0.15) is 0 Å². The first-order valence-corrected chi connectivity index (χ1v) is 9.17. The molecule has 6 nitrogen and oxygen atoms in total. The van der Waals surface area contributed by atoms with Crippen molar-refractivity contribution >= 4 is 22.8 Å². The molecule has 1 atom stereocenters. The largest absolute Gasteiger partial charge is 0.573 e. The maximum Gasteiger partial charge on any atom is 0.573 e. The van der Waals surface area contributed by atoms with Gasteiger partial charge in [0.15, 0.2) is 5.75 Å². The molecular formula is C20H19F3N4O2. The molecule has 1 unspecified atom stereocenters. The second-order valence-corrected chi connectivity index (χ2v) is 6.84. The first-order valence-electron chi connectivity index (χ1n) is 9.17. The van der Waals surface area contributed by atoms with Crippen molar-refractivity contribution in [3.8, 4) is 5.75 Å². The molecule has 2 aromatic carbocycles. The van der Waals surface area contributed by atoms with Gasteiger partial charge in [-0.15, -0.1) is 13.2 Å². The number of nitrogens with one attached hydrogen (secondary N) is 1. The minimum atomic E-state index is -4.84. The number of hydrogen-bond acceptors (Lipinski definition) is 3. The standard InChI is InChI=1S/C20H19F3N4O2/c1-26-15-9-4-2-7-13(15)24-18(26)16-10-6-12-27(16)19(28)25-14-8-3-5-11-17(14)29-20(21,22)23/h2-5,7-9,11,16H,6,10,12H2,1H3,(H,25,28). The first kappa shape index (κ1) is 19.1. The number of aromatic nitrogens is 2. The predicted octanol–water partition coefficient (Wildman–Crippen LogP) is 4.84. The van der Waals surface area contributed by atoms with Crippen molar-refractivity contribution in [3.05, 3.63) is 54.4 Å². The molecule has 3 aromatic rings. The zero-order valence-corrected chi connectivity index (χ0v) is 15.6. The molecule has 0 aliphatic carbocycles. The smallest absolute Gasteiger partial charge is 0.404 e. The van der Waals surface area contributed by atoms with E-state index in [1.54, 1.807) is 4.90 Å². The van der Waals surface area contributed by atoms with E-state index in [4.69, 9.17) is 0 Å². The third-order valence-corrected chi connectivity index (χ3v) is 4.99. The van der Waals surface area contributed by atoms with Gasteiger partial charge in [-0.25, -0.2) is 9.78 Å². The molecule has 1 aliphatic rings. The van der Waals surface area contributed by atoms with Crippen LogP contribution in [0, 0.1) is 0 Å². The second-order valence-electron chi connectivity index (χ2n) is 6.84. The van der Waals surface area contributed by atoms with Crippen molar-refractivity contribution in [1.82, 2.24) is 14.5 Å². The van der Waals surface area contributed by atoms with Gasteiger partial charge in [0.05, 0.1) is 22.8 Å². The van der Waals surface area contributed by atoms with E-state index in [0.29, 0.717) is 6.54 Å². The summed E-state index contributed by atoms with van der Waals surface area (Å²) in [5.74, 6) is 0.297. The van der Waals surface area contributed by atoms with Gasteiger partial charge in [-0.3, -0.25) is 0 Å². The molecule has 0 radical (unpaired) electrons. The minimum absolute atomic E-state index is 0.0366. The van der Waals surface area contributed by atoms with Crippen molar-refractivity contribution in [3.63, 3.8) is 0 Å². The van der Waals surface area contributed by atoms with Crippen LogP contribution in [0.25, 0.3) is 11.0 Å². The lowest BCUT2D eigenvalue weighted by atomic mass is 10.2. The number of ether oxygens (including phenoxy) is 1. The molecule has 9 heteroatoms. The van der Waals surface area contributed by atoms with Gasteiger partial charge >= 0.3 is 12.4 Å². The van der Waals surface area contributed by atoms with Gasteiger partial charge in [0.25, 0.3) is 0 Å². The van der Waals surface area contributed by atoms with E-state index in [2.05, 4.69) is 15.0 Å². The molecule has 0 saturated carbocycles. The molecule has 1 fully saturated rings. The van der Waals surface area contributed by atoms with Gasteiger partial charge in [-0.05, 0) is 37.1 Å². The van der Waals surface area contributed by atoms with Crippen LogP contribution in [0.4, 0.5) is 23.7 Å². The number of para-hydroxylation sites is 4.